The van der Waals surface area contributed by atoms with Crippen LogP contribution in [-0.2, 0) is 15.4 Å². The van der Waals surface area contributed by atoms with Crippen LogP contribution in [0.3, 0.4) is 0 Å². The van der Waals surface area contributed by atoms with Gasteiger partial charge in [-0.3, -0.25) is 0 Å². The molecular formula is C23H28ClF2N3O4. The van der Waals surface area contributed by atoms with E-state index in [1.165, 1.54) is 18.2 Å². The minimum atomic E-state index is -3.51. The monoisotopic (exact) mass is 483 g/mol. The smallest absolute Gasteiger partial charge is 0.410 e. The van der Waals surface area contributed by atoms with Gasteiger partial charge >= 0.3 is 12.0 Å². The summed E-state index contributed by atoms with van der Waals surface area (Å²) in [6, 6.07) is 4.03. The van der Waals surface area contributed by atoms with Crippen molar-refractivity contribution in [2.45, 2.75) is 58.0 Å². The molecule has 2 fully saturated rings. The van der Waals surface area contributed by atoms with Crippen LogP contribution in [-0.4, -0.2) is 53.1 Å². The Kier molecular flexibility index (Phi) is 6.16. The number of likely N-dealkylation sites (tertiary alicyclic amines) is 1. The Hall–Kier alpha value is -2.26. The van der Waals surface area contributed by atoms with Crippen molar-refractivity contribution in [2.24, 2.45) is 5.41 Å². The SMILES string of the molecule is Cc1ccc(C(F)(F)c2nnc(C3CN(C(=O)OC(C)(C)C)CC34CCOCC4)o2)cc1Cl. The zero-order chi connectivity index (χ0) is 24.0. The number of aromatic nitrogens is 2. The van der Waals surface area contributed by atoms with Crippen LogP contribution in [0, 0.1) is 12.3 Å². The maximum absolute atomic E-state index is 15.2. The first-order chi connectivity index (χ1) is 15.4. The molecule has 2 aromatic rings. The molecule has 180 valence electrons. The molecule has 0 N–H and O–H groups in total. The fourth-order valence-electron chi connectivity index (χ4n) is 4.47. The van der Waals surface area contributed by atoms with Crippen molar-refractivity contribution in [3.8, 4) is 0 Å². The van der Waals surface area contributed by atoms with E-state index in [0.717, 1.165) is 0 Å². The minimum Gasteiger partial charge on any atom is -0.444 e. The lowest BCUT2D eigenvalue weighted by molar-refractivity contribution is -0.00136. The molecule has 1 spiro atoms. The lowest BCUT2D eigenvalue weighted by Gasteiger charge is -2.36. The van der Waals surface area contributed by atoms with Gasteiger partial charge in [0.2, 0.25) is 5.89 Å². The summed E-state index contributed by atoms with van der Waals surface area (Å²) in [5.74, 6) is -4.60. The third-order valence-corrected chi connectivity index (χ3v) is 6.74. The normalized spacial score (nSPS) is 20.9. The Morgan fingerprint density at radius 1 is 1.24 bits per heavy atom. The van der Waals surface area contributed by atoms with Crippen LogP contribution in [0.2, 0.25) is 5.02 Å². The first kappa shape index (κ1) is 23.9. The molecule has 2 aliphatic rings. The summed E-state index contributed by atoms with van der Waals surface area (Å²) in [6.45, 7) is 8.81. The zero-order valence-corrected chi connectivity index (χ0v) is 19.9. The molecular weight excluding hydrogens is 456 g/mol. The number of hydrogen-bond donors (Lipinski definition) is 0. The number of ether oxygens (including phenoxy) is 2. The van der Waals surface area contributed by atoms with Crippen molar-refractivity contribution < 1.29 is 27.5 Å². The average Bonchev–Trinajstić information content (AvgIpc) is 3.35. The van der Waals surface area contributed by atoms with E-state index in [2.05, 4.69) is 10.2 Å². The Labute approximate surface area is 196 Å². The lowest BCUT2D eigenvalue weighted by atomic mass is 9.72. The molecule has 0 aliphatic carbocycles. The second kappa shape index (κ2) is 8.51. The molecule has 1 aromatic heterocycles. The number of amides is 1. The topological polar surface area (TPSA) is 77.7 Å². The van der Waals surface area contributed by atoms with Gasteiger partial charge in [-0.1, -0.05) is 23.7 Å². The maximum atomic E-state index is 15.2. The summed E-state index contributed by atoms with van der Waals surface area (Å²) in [7, 11) is 0. The molecule has 1 unspecified atom stereocenters. The van der Waals surface area contributed by atoms with Crippen molar-refractivity contribution in [2.75, 3.05) is 26.3 Å². The van der Waals surface area contributed by atoms with Crippen molar-refractivity contribution in [3.05, 3.63) is 46.1 Å². The Bertz CT molecular complexity index is 1030. The Morgan fingerprint density at radius 3 is 2.58 bits per heavy atom. The molecule has 1 atom stereocenters. The van der Waals surface area contributed by atoms with Crippen LogP contribution in [0.5, 0.6) is 0 Å². The summed E-state index contributed by atoms with van der Waals surface area (Å²) in [5, 5.41) is 7.92. The number of carbonyl (C=O) groups is 1. The summed E-state index contributed by atoms with van der Waals surface area (Å²) >= 11 is 6.04. The highest BCUT2D eigenvalue weighted by Crippen LogP contribution is 2.50. The highest BCUT2D eigenvalue weighted by atomic mass is 35.5. The standard InChI is InChI=1S/C23H28ClF2N3O4/c1-14-5-6-15(11-17(14)24)23(25,26)19-28-27-18(32-19)16-12-29(20(30)33-21(2,3)4)13-22(16)7-9-31-10-8-22/h5-6,11,16H,7-10,12-13H2,1-4H3. The Balaban J connectivity index is 1.63. The number of carbonyl (C=O) groups excluding carboxylic acids is 1. The molecule has 1 aromatic carbocycles. The molecule has 2 aliphatic heterocycles. The zero-order valence-electron chi connectivity index (χ0n) is 19.2. The van der Waals surface area contributed by atoms with E-state index in [1.54, 1.807) is 32.6 Å². The molecule has 0 radical (unpaired) electrons. The average molecular weight is 484 g/mol. The van der Waals surface area contributed by atoms with Crippen molar-refractivity contribution in [3.63, 3.8) is 0 Å². The molecule has 33 heavy (non-hydrogen) atoms. The second-order valence-electron chi connectivity index (χ2n) is 9.87. The first-order valence-electron chi connectivity index (χ1n) is 11.0. The third-order valence-electron chi connectivity index (χ3n) is 6.33. The van der Waals surface area contributed by atoms with E-state index in [4.69, 9.17) is 25.5 Å². The molecule has 0 bridgehead atoms. The molecule has 10 heteroatoms. The molecule has 4 rings (SSSR count). The van der Waals surface area contributed by atoms with E-state index in [0.29, 0.717) is 38.2 Å². The lowest BCUT2D eigenvalue weighted by Crippen LogP contribution is -2.39. The fraction of sp³-hybridized carbons (Fsp3) is 0.609. The van der Waals surface area contributed by atoms with Crippen molar-refractivity contribution >= 4 is 17.7 Å². The highest BCUT2D eigenvalue weighted by molar-refractivity contribution is 6.31. The summed E-state index contributed by atoms with van der Waals surface area (Å²) in [4.78, 5) is 14.3. The molecule has 0 saturated carbocycles. The van der Waals surface area contributed by atoms with Crippen LogP contribution >= 0.6 is 11.6 Å². The van der Waals surface area contributed by atoms with Crippen LogP contribution in [0.4, 0.5) is 13.6 Å². The van der Waals surface area contributed by atoms with Gasteiger partial charge in [0.15, 0.2) is 0 Å². The van der Waals surface area contributed by atoms with Gasteiger partial charge in [0.1, 0.15) is 5.60 Å². The van der Waals surface area contributed by atoms with E-state index in [1.807, 2.05) is 0 Å². The largest absolute Gasteiger partial charge is 0.444 e. The number of aryl methyl sites for hydroxylation is 1. The summed E-state index contributed by atoms with van der Waals surface area (Å²) < 4.78 is 47.0. The summed E-state index contributed by atoms with van der Waals surface area (Å²) in [6.07, 6.45) is 0.854. The van der Waals surface area contributed by atoms with Crippen LogP contribution < -0.4 is 0 Å². The number of alkyl halides is 2. The molecule has 7 nitrogen and oxygen atoms in total. The van der Waals surface area contributed by atoms with E-state index < -0.39 is 34.8 Å². The number of benzene rings is 1. The van der Waals surface area contributed by atoms with Gasteiger partial charge in [0, 0.05) is 42.3 Å². The summed E-state index contributed by atoms with van der Waals surface area (Å²) in [5.41, 5.74) is -0.679. The van der Waals surface area contributed by atoms with E-state index in [-0.39, 0.29) is 23.0 Å². The quantitative estimate of drug-likeness (QED) is 0.589. The second-order valence-corrected chi connectivity index (χ2v) is 10.3. The number of nitrogens with zero attached hydrogens (tertiary/aromatic N) is 3. The van der Waals surface area contributed by atoms with Gasteiger partial charge in [-0.2, -0.15) is 8.78 Å². The van der Waals surface area contributed by atoms with Crippen molar-refractivity contribution in [1.82, 2.24) is 15.1 Å². The molecule has 1 amide bonds. The van der Waals surface area contributed by atoms with Crippen molar-refractivity contribution in [1.29, 1.82) is 0 Å². The van der Waals surface area contributed by atoms with Gasteiger partial charge in [-0.15, -0.1) is 10.2 Å². The van der Waals surface area contributed by atoms with E-state index >= 15 is 8.78 Å². The van der Waals surface area contributed by atoms with E-state index in [9.17, 15) is 4.79 Å². The van der Waals surface area contributed by atoms with Gasteiger partial charge in [0.25, 0.3) is 5.89 Å². The third kappa shape index (κ3) is 4.71. The van der Waals surface area contributed by atoms with Gasteiger partial charge in [-0.25, -0.2) is 4.79 Å². The molecule has 3 heterocycles. The van der Waals surface area contributed by atoms with Gasteiger partial charge in [-0.05, 0) is 52.2 Å². The van der Waals surface area contributed by atoms with Crippen LogP contribution in [0.25, 0.3) is 0 Å². The maximum Gasteiger partial charge on any atom is 0.410 e. The Morgan fingerprint density at radius 2 is 1.94 bits per heavy atom. The first-order valence-corrected chi connectivity index (χ1v) is 11.3. The minimum absolute atomic E-state index is 0.0934. The van der Waals surface area contributed by atoms with Gasteiger partial charge in [0.05, 0.1) is 5.92 Å². The number of rotatable bonds is 3. The fourth-order valence-corrected chi connectivity index (χ4v) is 4.65. The van der Waals surface area contributed by atoms with Crippen LogP contribution in [0.1, 0.15) is 62.4 Å². The van der Waals surface area contributed by atoms with Gasteiger partial charge < -0.3 is 18.8 Å². The van der Waals surface area contributed by atoms with Crippen LogP contribution in [0.15, 0.2) is 22.6 Å². The molecule has 2 saturated heterocycles. The predicted molar refractivity (Wildman–Crippen MR) is 117 cm³/mol. The number of halogens is 3. The predicted octanol–water partition coefficient (Wildman–Crippen LogP) is 5.30. The number of hydrogen-bond acceptors (Lipinski definition) is 6. The highest BCUT2D eigenvalue weighted by Gasteiger charge is 2.53.